The molecule has 0 aliphatic carbocycles. The van der Waals surface area contributed by atoms with Gasteiger partial charge in [-0.15, -0.1) is 0 Å². The predicted molar refractivity (Wildman–Crippen MR) is 71.8 cm³/mol. The zero-order valence-electron chi connectivity index (χ0n) is 11.5. The Kier molecular flexibility index (Phi) is 6.44. The van der Waals surface area contributed by atoms with Crippen LogP contribution in [-0.2, 0) is 20.4 Å². The van der Waals surface area contributed by atoms with Gasteiger partial charge in [-0.3, -0.25) is 4.79 Å². The third-order valence-electron chi connectivity index (χ3n) is 2.45. The molecule has 0 aliphatic heterocycles. The van der Waals surface area contributed by atoms with Gasteiger partial charge in [-0.05, 0) is 25.1 Å². The molecule has 0 aromatic heterocycles. The van der Waals surface area contributed by atoms with E-state index in [2.05, 4.69) is 5.32 Å². The molecule has 0 bridgehead atoms. The van der Waals surface area contributed by atoms with Crippen molar-refractivity contribution in [1.82, 2.24) is 0 Å². The van der Waals surface area contributed by atoms with Crippen molar-refractivity contribution < 1.29 is 27.4 Å². The van der Waals surface area contributed by atoms with Crippen LogP contribution in [0, 0.1) is 0 Å². The lowest BCUT2D eigenvalue weighted by Crippen LogP contribution is -2.20. The first-order valence-electron chi connectivity index (χ1n) is 6.26. The number of rotatable bonds is 7. The quantitative estimate of drug-likeness (QED) is 0.599. The van der Waals surface area contributed by atoms with Crippen molar-refractivity contribution in [3.05, 3.63) is 23.8 Å². The smallest absolute Gasteiger partial charge is 0.398 e. The minimum atomic E-state index is -4.57. The van der Waals surface area contributed by atoms with Gasteiger partial charge in [0.15, 0.2) is 0 Å². The third-order valence-corrected chi connectivity index (χ3v) is 2.45. The molecule has 0 unspecified atom stereocenters. The summed E-state index contributed by atoms with van der Waals surface area (Å²) in [5, 5.41) is 2.31. The van der Waals surface area contributed by atoms with Crippen molar-refractivity contribution in [3.63, 3.8) is 0 Å². The van der Waals surface area contributed by atoms with E-state index >= 15 is 0 Å². The van der Waals surface area contributed by atoms with E-state index in [-0.39, 0.29) is 18.9 Å². The van der Waals surface area contributed by atoms with E-state index in [9.17, 15) is 18.0 Å². The highest BCUT2D eigenvalue weighted by molar-refractivity contribution is 5.92. The third kappa shape index (κ3) is 6.01. The first kappa shape index (κ1) is 17.3. The van der Waals surface area contributed by atoms with Gasteiger partial charge in [-0.25, -0.2) is 0 Å². The number of hydrogen-bond donors (Lipinski definition) is 2. The van der Waals surface area contributed by atoms with Gasteiger partial charge in [0.25, 0.3) is 0 Å². The molecular weight excluding hydrogens is 289 g/mol. The number of ether oxygens (including phenoxy) is 2. The van der Waals surface area contributed by atoms with Gasteiger partial charge in [0.05, 0.1) is 18.8 Å². The van der Waals surface area contributed by atoms with Gasteiger partial charge in [-0.2, -0.15) is 13.2 Å². The van der Waals surface area contributed by atoms with Crippen LogP contribution in [0.1, 0.15) is 12.5 Å². The monoisotopic (exact) mass is 306 g/mol. The van der Waals surface area contributed by atoms with E-state index in [1.165, 1.54) is 6.07 Å². The minimum absolute atomic E-state index is 0.00920. The molecular formula is C13H17F3N2O3. The van der Waals surface area contributed by atoms with Crippen molar-refractivity contribution in [2.24, 2.45) is 0 Å². The summed E-state index contributed by atoms with van der Waals surface area (Å²) in [5.41, 5.74) is 3.89. The fourth-order valence-electron chi connectivity index (χ4n) is 1.50. The molecule has 0 atom stereocenters. The molecule has 0 fully saturated rings. The first-order valence-corrected chi connectivity index (χ1v) is 6.26. The SMILES string of the molecule is CCOCCOCC(=O)Nc1ccc(N)c(C(F)(F)F)c1. The number of anilines is 2. The highest BCUT2D eigenvalue weighted by Gasteiger charge is 2.33. The van der Waals surface area contributed by atoms with Crippen molar-refractivity contribution in [3.8, 4) is 0 Å². The second-order valence-electron chi connectivity index (χ2n) is 4.10. The number of nitrogen functional groups attached to an aromatic ring is 1. The van der Waals surface area contributed by atoms with Crippen molar-refractivity contribution in [1.29, 1.82) is 0 Å². The Labute approximate surface area is 120 Å². The fraction of sp³-hybridized carbons (Fsp3) is 0.462. The van der Waals surface area contributed by atoms with Crippen molar-refractivity contribution in [2.45, 2.75) is 13.1 Å². The summed E-state index contributed by atoms with van der Waals surface area (Å²) in [6.07, 6.45) is -4.57. The van der Waals surface area contributed by atoms with Crippen LogP contribution in [0.3, 0.4) is 0 Å². The summed E-state index contributed by atoms with van der Waals surface area (Å²) in [4.78, 5) is 11.5. The summed E-state index contributed by atoms with van der Waals surface area (Å²) in [6, 6.07) is 3.17. The van der Waals surface area contributed by atoms with Gasteiger partial charge in [0.2, 0.25) is 5.91 Å². The number of nitrogens with one attached hydrogen (secondary N) is 1. The molecule has 21 heavy (non-hydrogen) atoms. The molecule has 0 saturated carbocycles. The lowest BCUT2D eigenvalue weighted by Gasteiger charge is -2.12. The van der Waals surface area contributed by atoms with Crippen LogP contribution < -0.4 is 11.1 Å². The Morgan fingerprint density at radius 3 is 2.57 bits per heavy atom. The van der Waals surface area contributed by atoms with E-state index in [0.29, 0.717) is 13.2 Å². The maximum absolute atomic E-state index is 12.7. The summed E-state index contributed by atoms with van der Waals surface area (Å²) >= 11 is 0. The van der Waals surface area contributed by atoms with Gasteiger partial charge < -0.3 is 20.5 Å². The highest BCUT2D eigenvalue weighted by Crippen LogP contribution is 2.35. The molecule has 118 valence electrons. The number of hydrogen-bond acceptors (Lipinski definition) is 4. The molecule has 0 heterocycles. The molecule has 1 rings (SSSR count). The van der Waals surface area contributed by atoms with Gasteiger partial charge in [0.1, 0.15) is 6.61 Å². The Balaban J connectivity index is 2.53. The topological polar surface area (TPSA) is 73.6 Å². The van der Waals surface area contributed by atoms with E-state index in [4.69, 9.17) is 15.2 Å². The Hall–Kier alpha value is -1.80. The normalized spacial score (nSPS) is 11.4. The Bertz CT molecular complexity index is 478. The van der Waals surface area contributed by atoms with E-state index in [0.717, 1.165) is 12.1 Å². The summed E-state index contributed by atoms with van der Waals surface area (Å²) in [6.45, 7) is 2.69. The van der Waals surface area contributed by atoms with E-state index in [1.54, 1.807) is 0 Å². The number of carbonyl (C=O) groups excluding carboxylic acids is 1. The van der Waals surface area contributed by atoms with E-state index in [1.807, 2.05) is 6.92 Å². The molecule has 0 radical (unpaired) electrons. The van der Waals surface area contributed by atoms with Gasteiger partial charge in [0, 0.05) is 18.0 Å². The first-order chi connectivity index (χ1) is 9.84. The average molecular weight is 306 g/mol. The largest absolute Gasteiger partial charge is 0.418 e. The van der Waals surface area contributed by atoms with Crippen LogP contribution in [0.15, 0.2) is 18.2 Å². The number of alkyl halides is 3. The van der Waals surface area contributed by atoms with Crippen LogP contribution in [0.2, 0.25) is 0 Å². The zero-order chi connectivity index (χ0) is 15.9. The van der Waals surface area contributed by atoms with Gasteiger partial charge >= 0.3 is 6.18 Å². The van der Waals surface area contributed by atoms with Crippen molar-refractivity contribution in [2.75, 3.05) is 37.5 Å². The molecule has 0 aliphatic rings. The lowest BCUT2D eigenvalue weighted by molar-refractivity contribution is -0.137. The van der Waals surface area contributed by atoms with Crippen LogP contribution in [0.4, 0.5) is 24.5 Å². The van der Waals surface area contributed by atoms with Gasteiger partial charge in [-0.1, -0.05) is 0 Å². The number of benzene rings is 1. The van der Waals surface area contributed by atoms with Crippen LogP contribution in [0.25, 0.3) is 0 Å². The minimum Gasteiger partial charge on any atom is -0.398 e. The molecule has 1 aromatic carbocycles. The predicted octanol–water partition coefficient (Wildman–Crippen LogP) is 2.28. The Morgan fingerprint density at radius 1 is 1.29 bits per heavy atom. The summed E-state index contributed by atoms with van der Waals surface area (Å²) in [7, 11) is 0. The number of halogens is 3. The van der Waals surface area contributed by atoms with Crippen LogP contribution in [0.5, 0.6) is 0 Å². The molecule has 3 N–H and O–H groups in total. The van der Waals surface area contributed by atoms with Crippen LogP contribution >= 0.6 is 0 Å². The number of carbonyl (C=O) groups is 1. The molecule has 0 spiro atoms. The van der Waals surface area contributed by atoms with Crippen molar-refractivity contribution >= 4 is 17.3 Å². The number of amides is 1. The standard InChI is InChI=1S/C13H17F3N2O3/c1-2-20-5-6-21-8-12(19)18-9-3-4-11(17)10(7-9)13(14,15)16/h3-4,7H,2,5-6,8,17H2,1H3,(H,18,19). The maximum atomic E-state index is 12.7. The second kappa shape index (κ2) is 7.84. The highest BCUT2D eigenvalue weighted by atomic mass is 19.4. The molecule has 8 heteroatoms. The molecule has 1 amide bonds. The zero-order valence-corrected chi connectivity index (χ0v) is 11.5. The summed E-state index contributed by atoms with van der Waals surface area (Å²) in [5.74, 6) is -0.551. The van der Waals surface area contributed by atoms with E-state index < -0.39 is 23.3 Å². The van der Waals surface area contributed by atoms with Crippen LogP contribution in [-0.4, -0.2) is 32.3 Å². The molecule has 1 aromatic rings. The maximum Gasteiger partial charge on any atom is 0.418 e. The second-order valence-corrected chi connectivity index (χ2v) is 4.10. The Morgan fingerprint density at radius 2 is 1.95 bits per heavy atom. The number of nitrogens with two attached hydrogens (primary N) is 1. The summed E-state index contributed by atoms with van der Waals surface area (Å²) < 4.78 is 48.0. The lowest BCUT2D eigenvalue weighted by atomic mass is 10.1. The average Bonchev–Trinajstić information content (AvgIpc) is 2.39. The molecule has 0 saturated heterocycles. The fourth-order valence-corrected chi connectivity index (χ4v) is 1.50. The molecule has 5 nitrogen and oxygen atoms in total.